The van der Waals surface area contributed by atoms with Crippen LogP contribution in [0.3, 0.4) is 0 Å². The molecule has 0 N–H and O–H groups in total. The summed E-state index contributed by atoms with van der Waals surface area (Å²) in [6.45, 7) is 0. The third-order valence-corrected chi connectivity index (χ3v) is 2.44. The van der Waals surface area contributed by atoms with Gasteiger partial charge in [-0.25, -0.2) is 0 Å². The Morgan fingerprint density at radius 2 is 2.31 bits per heavy atom. The van der Waals surface area contributed by atoms with Gasteiger partial charge in [0.2, 0.25) is 0 Å². The number of ether oxygens (including phenoxy) is 1. The maximum atomic E-state index is 11.7. The van der Waals surface area contributed by atoms with Crippen LogP contribution in [0.2, 0.25) is 0 Å². The van der Waals surface area contributed by atoms with E-state index < -0.39 is 5.97 Å². The Balaban J connectivity index is 2.21. The molecule has 0 fully saturated rings. The van der Waals surface area contributed by atoms with E-state index in [4.69, 9.17) is 0 Å². The lowest BCUT2D eigenvalue weighted by molar-refractivity contribution is -0.139. The van der Waals surface area contributed by atoms with E-state index in [1.165, 1.54) is 13.2 Å². The Bertz CT molecular complexity index is 455. The molecule has 0 saturated carbocycles. The van der Waals surface area contributed by atoms with E-state index in [1.54, 1.807) is 12.2 Å². The number of aliphatic imine (C=N–C) groups is 1. The Kier molecular flexibility index (Phi) is 2.81. The van der Waals surface area contributed by atoms with Gasteiger partial charge in [-0.15, -0.1) is 0 Å². The monoisotopic (exact) mass is 217 g/mol. The molecule has 16 heavy (non-hydrogen) atoms. The Morgan fingerprint density at radius 1 is 1.50 bits per heavy atom. The van der Waals surface area contributed by atoms with Gasteiger partial charge >= 0.3 is 5.97 Å². The van der Waals surface area contributed by atoms with Gasteiger partial charge in [0.05, 0.1) is 30.9 Å². The lowest BCUT2D eigenvalue weighted by Crippen LogP contribution is -2.24. The maximum Gasteiger partial charge on any atom is 0.311 e. The van der Waals surface area contributed by atoms with Crippen molar-refractivity contribution in [1.82, 2.24) is 0 Å². The zero-order valence-corrected chi connectivity index (χ0v) is 8.84. The van der Waals surface area contributed by atoms with Crippen molar-refractivity contribution in [2.24, 2.45) is 10.9 Å². The average molecular weight is 217 g/mol. The van der Waals surface area contributed by atoms with Crippen LogP contribution in [-0.4, -0.2) is 24.6 Å². The van der Waals surface area contributed by atoms with E-state index in [0.29, 0.717) is 11.4 Å². The molecule has 0 amide bonds. The van der Waals surface area contributed by atoms with Crippen molar-refractivity contribution in [3.05, 3.63) is 36.1 Å². The molecule has 1 unspecified atom stereocenters. The van der Waals surface area contributed by atoms with E-state index in [9.17, 15) is 9.59 Å². The minimum absolute atomic E-state index is 0.0375. The normalized spacial score (nSPS) is 22.3. The lowest BCUT2D eigenvalue weighted by atomic mass is 9.91. The van der Waals surface area contributed by atoms with Crippen LogP contribution in [0.15, 0.2) is 41.1 Å². The molecule has 4 nitrogen and oxygen atoms in total. The van der Waals surface area contributed by atoms with E-state index in [2.05, 4.69) is 9.73 Å². The van der Waals surface area contributed by atoms with Gasteiger partial charge in [0, 0.05) is 6.08 Å². The zero-order valence-electron chi connectivity index (χ0n) is 8.84. The molecule has 0 spiro atoms. The molecule has 1 heterocycles. The van der Waals surface area contributed by atoms with Crippen LogP contribution in [0.5, 0.6) is 0 Å². The number of methoxy groups -OCH3 is 1. The number of carbonyl (C=O) groups excluding carboxylic acids is 2. The van der Waals surface area contributed by atoms with E-state index in [-0.39, 0.29) is 18.1 Å². The van der Waals surface area contributed by atoms with Gasteiger partial charge in [-0.2, -0.15) is 0 Å². The molecule has 2 rings (SSSR count). The molecule has 1 atom stereocenters. The van der Waals surface area contributed by atoms with Crippen molar-refractivity contribution in [1.29, 1.82) is 0 Å². The smallest absolute Gasteiger partial charge is 0.311 e. The van der Waals surface area contributed by atoms with Gasteiger partial charge < -0.3 is 4.74 Å². The number of esters is 1. The topological polar surface area (TPSA) is 55.7 Å². The first-order valence-corrected chi connectivity index (χ1v) is 4.95. The number of fused-ring (bicyclic) bond motifs is 1. The van der Waals surface area contributed by atoms with Crippen molar-refractivity contribution in [3.63, 3.8) is 0 Å². The van der Waals surface area contributed by atoms with Gasteiger partial charge in [0.15, 0.2) is 5.78 Å². The van der Waals surface area contributed by atoms with E-state index in [1.807, 2.05) is 12.2 Å². The first-order chi connectivity index (χ1) is 7.70. The van der Waals surface area contributed by atoms with Crippen molar-refractivity contribution in [3.8, 4) is 0 Å². The first kappa shape index (κ1) is 10.5. The summed E-state index contributed by atoms with van der Waals surface area (Å²) >= 11 is 0. The van der Waals surface area contributed by atoms with Gasteiger partial charge in [0.25, 0.3) is 0 Å². The number of hydrogen-bond donors (Lipinski definition) is 0. The summed E-state index contributed by atoms with van der Waals surface area (Å²) in [6, 6.07) is 0. The fraction of sp³-hybridized carbons (Fsp3) is 0.250. The minimum Gasteiger partial charge on any atom is -0.469 e. The van der Waals surface area contributed by atoms with Crippen LogP contribution in [-0.2, 0) is 14.3 Å². The highest BCUT2D eigenvalue weighted by atomic mass is 16.5. The number of carbonyl (C=O) groups is 2. The van der Waals surface area contributed by atoms with Crippen molar-refractivity contribution >= 4 is 17.5 Å². The highest BCUT2D eigenvalue weighted by Crippen LogP contribution is 2.21. The summed E-state index contributed by atoms with van der Waals surface area (Å²) in [4.78, 5) is 27.0. The SMILES string of the molecule is COC(=O)CC1=CC(=O)C2C=CC=CC2=N1. The van der Waals surface area contributed by atoms with Crippen LogP contribution in [0.4, 0.5) is 0 Å². The largest absolute Gasteiger partial charge is 0.469 e. The molecule has 1 aliphatic heterocycles. The summed E-state index contributed by atoms with van der Waals surface area (Å²) < 4.78 is 4.53. The summed E-state index contributed by atoms with van der Waals surface area (Å²) in [7, 11) is 1.31. The third-order valence-electron chi connectivity index (χ3n) is 2.44. The molecule has 0 saturated heterocycles. The van der Waals surface area contributed by atoms with Gasteiger partial charge in [-0.05, 0) is 6.08 Å². The molecular formula is C12H11NO3. The summed E-state index contributed by atoms with van der Waals surface area (Å²) in [5.41, 5.74) is 1.15. The van der Waals surface area contributed by atoms with Crippen LogP contribution in [0, 0.1) is 5.92 Å². The number of allylic oxidation sites excluding steroid dienone is 5. The number of nitrogens with zero attached hydrogens (tertiary/aromatic N) is 1. The quantitative estimate of drug-likeness (QED) is 0.653. The average Bonchev–Trinajstić information content (AvgIpc) is 2.29. The predicted octanol–water partition coefficient (Wildman–Crippen LogP) is 1.20. The number of ketones is 1. The third kappa shape index (κ3) is 2.00. The maximum absolute atomic E-state index is 11.7. The molecule has 82 valence electrons. The van der Waals surface area contributed by atoms with Gasteiger partial charge in [-0.3, -0.25) is 14.6 Å². The summed E-state index contributed by atoms with van der Waals surface area (Å²) in [5.74, 6) is -0.715. The molecule has 0 aromatic heterocycles. The lowest BCUT2D eigenvalue weighted by Gasteiger charge is -2.18. The Hall–Kier alpha value is -1.97. The van der Waals surface area contributed by atoms with Crippen molar-refractivity contribution < 1.29 is 14.3 Å². The first-order valence-electron chi connectivity index (χ1n) is 4.95. The molecular weight excluding hydrogens is 206 g/mol. The fourth-order valence-electron chi connectivity index (χ4n) is 1.64. The second-order valence-electron chi connectivity index (χ2n) is 3.55. The summed E-state index contributed by atoms with van der Waals surface area (Å²) in [6.07, 6.45) is 8.68. The molecule has 0 radical (unpaired) electrons. The predicted molar refractivity (Wildman–Crippen MR) is 58.9 cm³/mol. The summed E-state index contributed by atoms with van der Waals surface area (Å²) in [5, 5.41) is 0. The minimum atomic E-state index is -0.391. The number of rotatable bonds is 2. The van der Waals surface area contributed by atoms with Crippen molar-refractivity contribution in [2.75, 3.05) is 7.11 Å². The molecule has 0 aromatic carbocycles. The fourth-order valence-corrected chi connectivity index (χ4v) is 1.64. The second-order valence-corrected chi connectivity index (χ2v) is 3.55. The van der Waals surface area contributed by atoms with Crippen molar-refractivity contribution in [2.45, 2.75) is 6.42 Å². The molecule has 0 bridgehead atoms. The van der Waals surface area contributed by atoms with Crippen LogP contribution in [0.25, 0.3) is 0 Å². The van der Waals surface area contributed by atoms with Crippen LogP contribution >= 0.6 is 0 Å². The Morgan fingerprint density at radius 3 is 3.06 bits per heavy atom. The number of hydrogen-bond acceptors (Lipinski definition) is 4. The molecule has 4 heteroatoms. The van der Waals surface area contributed by atoms with E-state index in [0.717, 1.165) is 0 Å². The molecule has 1 aliphatic carbocycles. The second kappa shape index (κ2) is 4.26. The van der Waals surface area contributed by atoms with Crippen LogP contribution in [0.1, 0.15) is 6.42 Å². The molecule has 0 aromatic rings. The highest BCUT2D eigenvalue weighted by molar-refractivity contribution is 6.18. The highest BCUT2D eigenvalue weighted by Gasteiger charge is 2.25. The van der Waals surface area contributed by atoms with Gasteiger partial charge in [0.1, 0.15) is 0 Å². The Labute approximate surface area is 93.0 Å². The molecule has 2 aliphatic rings. The van der Waals surface area contributed by atoms with Crippen LogP contribution < -0.4 is 0 Å². The van der Waals surface area contributed by atoms with Gasteiger partial charge in [-0.1, -0.05) is 18.2 Å². The standard InChI is InChI=1S/C12H11NO3/c1-16-12(15)7-8-6-11(14)9-4-2-3-5-10(9)13-8/h2-6,9H,7H2,1H3. The van der Waals surface area contributed by atoms with E-state index >= 15 is 0 Å². The zero-order chi connectivity index (χ0) is 11.5.